The molecule has 0 spiro atoms. The van der Waals surface area contributed by atoms with Crippen LogP contribution in [0.15, 0.2) is 35.4 Å². The maximum absolute atomic E-state index is 6.04. The molecule has 7 heteroatoms. The third-order valence-electron chi connectivity index (χ3n) is 2.70. The molecule has 3 nitrogen and oxygen atoms in total. The van der Waals surface area contributed by atoms with Crippen LogP contribution in [0.4, 0.5) is 5.82 Å². The van der Waals surface area contributed by atoms with Gasteiger partial charge in [0.05, 0.1) is 15.8 Å². The van der Waals surface area contributed by atoms with Gasteiger partial charge >= 0.3 is 0 Å². The summed E-state index contributed by atoms with van der Waals surface area (Å²) in [5, 5.41) is 5.81. The summed E-state index contributed by atoms with van der Waals surface area (Å²) >= 11 is 23.6. The van der Waals surface area contributed by atoms with Crippen LogP contribution in [-0.2, 0) is 0 Å². The van der Waals surface area contributed by atoms with Gasteiger partial charge in [0, 0.05) is 5.02 Å². The Hall–Kier alpha value is -1.00. The number of nitrogens with zero attached hydrogens (tertiary/aromatic N) is 2. The summed E-state index contributed by atoms with van der Waals surface area (Å²) in [6.07, 6.45) is 0.730. The van der Waals surface area contributed by atoms with Crippen molar-refractivity contribution in [3.63, 3.8) is 0 Å². The lowest BCUT2D eigenvalue weighted by atomic mass is 10.1. The Morgan fingerprint density at radius 3 is 2.38 bits per heavy atom. The average Bonchev–Trinajstić information content (AvgIpc) is 2.46. The van der Waals surface area contributed by atoms with E-state index in [9.17, 15) is 0 Å². The van der Waals surface area contributed by atoms with Gasteiger partial charge in [0.15, 0.2) is 5.82 Å². The van der Waals surface area contributed by atoms with E-state index in [-0.39, 0.29) is 5.15 Å². The molecule has 0 atom stereocenters. The van der Waals surface area contributed by atoms with Gasteiger partial charge in [0.2, 0.25) is 0 Å². The quantitative estimate of drug-likeness (QED) is 0.416. The smallest absolute Gasteiger partial charge is 0.166 e. The summed E-state index contributed by atoms with van der Waals surface area (Å²) in [5.41, 5.74) is 4.62. The van der Waals surface area contributed by atoms with Crippen molar-refractivity contribution in [2.45, 2.75) is 13.3 Å². The topological polar surface area (TPSA) is 37.3 Å². The monoisotopic (exact) mass is 361 g/mol. The molecule has 0 unspecified atom stereocenters. The van der Waals surface area contributed by atoms with Crippen molar-refractivity contribution in [1.29, 1.82) is 0 Å². The standard InChI is InChI=1S/C14H11Cl4N3/c1-2-12(8-3-5-9(15)6-4-8)20-21-14-11(17)7-10(16)13(18)19-14/h3-7H,2H2,1H3,(H,19,21)/b20-12-. The molecule has 0 amide bonds. The van der Waals surface area contributed by atoms with E-state index in [2.05, 4.69) is 15.5 Å². The van der Waals surface area contributed by atoms with Crippen molar-refractivity contribution < 1.29 is 0 Å². The predicted molar refractivity (Wildman–Crippen MR) is 91.2 cm³/mol. The number of hydrazone groups is 1. The molecule has 1 heterocycles. The van der Waals surface area contributed by atoms with Crippen molar-refractivity contribution in [2.75, 3.05) is 5.43 Å². The minimum Gasteiger partial charge on any atom is -0.260 e. The molecule has 21 heavy (non-hydrogen) atoms. The van der Waals surface area contributed by atoms with Gasteiger partial charge in [-0.05, 0) is 30.2 Å². The molecule has 0 aliphatic heterocycles. The van der Waals surface area contributed by atoms with E-state index < -0.39 is 0 Å². The Balaban J connectivity index is 2.26. The molecule has 0 fully saturated rings. The second kappa shape index (κ2) is 7.32. The summed E-state index contributed by atoms with van der Waals surface area (Å²) in [6, 6.07) is 8.94. The first-order chi connectivity index (χ1) is 10.0. The lowest BCUT2D eigenvalue weighted by molar-refractivity contribution is 1.18. The van der Waals surface area contributed by atoms with Gasteiger partial charge < -0.3 is 0 Å². The van der Waals surface area contributed by atoms with Crippen LogP contribution in [0.2, 0.25) is 20.2 Å². The van der Waals surface area contributed by atoms with Crippen molar-refractivity contribution in [3.05, 3.63) is 56.1 Å². The number of anilines is 1. The fourth-order valence-corrected chi connectivity index (χ4v) is 2.30. The summed E-state index contributed by atoms with van der Waals surface area (Å²) < 4.78 is 0. The first-order valence-corrected chi connectivity index (χ1v) is 7.62. The van der Waals surface area contributed by atoms with E-state index in [1.807, 2.05) is 31.2 Å². The number of benzene rings is 1. The van der Waals surface area contributed by atoms with Crippen molar-refractivity contribution in [3.8, 4) is 0 Å². The zero-order chi connectivity index (χ0) is 15.4. The van der Waals surface area contributed by atoms with Crippen LogP contribution in [0.3, 0.4) is 0 Å². The van der Waals surface area contributed by atoms with E-state index >= 15 is 0 Å². The van der Waals surface area contributed by atoms with Crippen molar-refractivity contribution in [2.24, 2.45) is 5.10 Å². The summed E-state index contributed by atoms with van der Waals surface area (Å²) in [6.45, 7) is 2.00. The highest BCUT2D eigenvalue weighted by Gasteiger charge is 2.08. The Kier molecular flexibility index (Phi) is 5.71. The third kappa shape index (κ3) is 4.24. The highest BCUT2D eigenvalue weighted by molar-refractivity contribution is 6.42. The largest absolute Gasteiger partial charge is 0.260 e. The molecule has 0 bridgehead atoms. The number of aromatic nitrogens is 1. The first kappa shape index (κ1) is 16.4. The Bertz CT molecular complexity index is 669. The van der Waals surface area contributed by atoms with Gasteiger partial charge in [-0.2, -0.15) is 5.10 Å². The molecule has 1 aromatic carbocycles. The van der Waals surface area contributed by atoms with Crippen molar-refractivity contribution >= 4 is 57.9 Å². The van der Waals surface area contributed by atoms with Gasteiger partial charge in [0.25, 0.3) is 0 Å². The maximum atomic E-state index is 6.04. The fraction of sp³-hybridized carbons (Fsp3) is 0.143. The summed E-state index contributed by atoms with van der Waals surface area (Å²) in [4.78, 5) is 4.05. The molecule has 1 N–H and O–H groups in total. The Morgan fingerprint density at radius 2 is 1.76 bits per heavy atom. The van der Waals surface area contributed by atoms with E-state index in [1.165, 1.54) is 6.07 Å². The highest BCUT2D eigenvalue weighted by Crippen LogP contribution is 2.28. The number of hydrogen-bond donors (Lipinski definition) is 1. The zero-order valence-electron chi connectivity index (χ0n) is 11.0. The molecule has 0 radical (unpaired) electrons. The van der Waals surface area contributed by atoms with E-state index in [4.69, 9.17) is 46.4 Å². The fourth-order valence-electron chi connectivity index (χ4n) is 1.63. The van der Waals surface area contributed by atoms with Crippen LogP contribution in [-0.4, -0.2) is 10.7 Å². The Labute approximate surface area is 142 Å². The van der Waals surface area contributed by atoms with Crippen molar-refractivity contribution in [1.82, 2.24) is 4.98 Å². The average molecular weight is 363 g/mol. The first-order valence-electron chi connectivity index (χ1n) is 6.11. The normalized spacial score (nSPS) is 11.6. The number of halogens is 4. The summed E-state index contributed by atoms with van der Waals surface area (Å²) in [5.74, 6) is 0.353. The minimum absolute atomic E-state index is 0.170. The molecule has 1 aromatic heterocycles. The molecule has 0 aliphatic rings. The number of hydrogen-bond acceptors (Lipinski definition) is 3. The molecular formula is C14H11Cl4N3. The number of nitrogens with one attached hydrogen (secondary N) is 1. The van der Waals surface area contributed by atoms with Crippen LogP contribution in [0, 0.1) is 0 Å². The Morgan fingerprint density at radius 1 is 1.10 bits per heavy atom. The van der Waals surface area contributed by atoms with Crippen LogP contribution >= 0.6 is 46.4 Å². The molecular weight excluding hydrogens is 352 g/mol. The zero-order valence-corrected chi connectivity index (χ0v) is 14.0. The maximum Gasteiger partial charge on any atom is 0.166 e. The molecule has 110 valence electrons. The predicted octanol–water partition coefficient (Wildman–Crippen LogP) is 5.92. The molecule has 2 aromatic rings. The number of pyridine rings is 1. The number of rotatable bonds is 4. The van der Waals surface area contributed by atoms with E-state index in [0.717, 1.165) is 17.7 Å². The molecule has 2 rings (SSSR count). The van der Waals surface area contributed by atoms with Crippen LogP contribution < -0.4 is 5.43 Å². The lowest BCUT2D eigenvalue weighted by Crippen LogP contribution is -2.04. The van der Waals surface area contributed by atoms with Gasteiger partial charge in [-0.3, -0.25) is 5.43 Å². The van der Waals surface area contributed by atoms with Crippen LogP contribution in [0.25, 0.3) is 0 Å². The molecule has 0 aliphatic carbocycles. The molecule has 0 saturated carbocycles. The minimum atomic E-state index is 0.170. The van der Waals surface area contributed by atoms with Crippen LogP contribution in [0.1, 0.15) is 18.9 Å². The highest BCUT2D eigenvalue weighted by atomic mass is 35.5. The van der Waals surface area contributed by atoms with Gasteiger partial charge in [-0.15, -0.1) is 0 Å². The van der Waals surface area contributed by atoms with Gasteiger partial charge in [0.1, 0.15) is 5.15 Å². The second-order valence-electron chi connectivity index (χ2n) is 4.12. The summed E-state index contributed by atoms with van der Waals surface area (Å²) in [7, 11) is 0. The van der Waals surface area contributed by atoms with Gasteiger partial charge in [-0.25, -0.2) is 4.98 Å². The SMILES string of the molecule is CC/C(=N/Nc1nc(Cl)c(Cl)cc1Cl)c1ccc(Cl)cc1. The third-order valence-corrected chi connectivity index (χ3v) is 3.91. The molecule has 0 saturated heterocycles. The van der Waals surface area contributed by atoms with E-state index in [0.29, 0.717) is 20.9 Å². The second-order valence-corrected chi connectivity index (χ2v) is 5.73. The van der Waals surface area contributed by atoms with Crippen LogP contribution in [0.5, 0.6) is 0 Å². The lowest BCUT2D eigenvalue weighted by Gasteiger charge is -2.08. The van der Waals surface area contributed by atoms with Gasteiger partial charge in [-0.1, -0.05) is 65.5 Å². The van der Waals surface area contributed by atoms with E-state index in [1.54, 1.807) is 0 Å².